The summed E-state index contributed by atoms with van der Waals surface area (Å²) in [5, 5.41) is 15.1. The summed E-state index contributed by atoms with van der Waals surface area (Å²) in [6, 6.07) is 0. The summed E-state index contributed by atoms with van der Waals surface area (Å²) >= 11 is 0. The van der Waals surface area contributed by atoms with Crippen LogP contribution < -0.4 is 10.6 Å². The molecule has 0 saturated heterocycles. The Morgan fingerprint density at radius 1 is 0.909 bits per heavy atom. The van der Waals surface area contributed by atoms with Crippen molar-refractivity contribution < 1.29 is 31.5 Å². The number of amides is 2. The van der Waals surface area contributed by atoms with Crippen LogP contribution in [0.4, 0.5) is 0 Å². The van der Waals surface area contributed by atoms with Gasteiger partial charge in [0.2, 0.25) is 11.8 Å². The van der Waals surface area contributed by atoms with E-state index in [9.17, 15) is 31.5 Å². The Bertz CT molecular complexity index is 581. The molecule has 0 atom stereocenters. The van der Waals surface area contributed by atoms with E-state index in [4.69, 9.17) is 0 Å². The standard InChI is InChI=1S/C11H18N2O7S2/c1-3-21(17,18)7-10(15)12-5-9(14)6-13-11(16)8-22(19,20)4-2/h3-4,9,14H,1-2,5-8H2,(H,12,15)(H,13,16). The van der Waals surface area contributed by atoms with E-state index >= 15 is 0 Å². The van der Waals surface area contributed by atoms with Gasteiger partial charge in [0.1, 0.15) is 11.5 Å². The molecule has 0 bridgehead atoms. The molecule has 2 amide bonds. The molecule has 3 N–H and O–H groups in total. The summed E-state index contributed by atoms with van der Waals surface area (Å²) < 4.78 is 44.3. The van der Waals surface area contributed by atoms with E-state index in [2.05, 4.69) is 23.8 Å². The number of nitrogens with one attached hydrogen (secondary N) is 2. The van der Waals surface area contributed by atoms with Gasteiger partial charge in [0.25, 0.3) is 0 Å². The van der Waals surface area contributed by atoms with Crippen molar-refractivity contribution in [3.05, 3.63) is 24.0 Å². The highest BCUT2D eigenvalue weighted by molar-refractivity contribution is 7.95. The van der Waals surface area contributed by atoms with E-state index in [-0.39, 0.29) is 13.1 Å². The van der Waals surface area contributed by atoms with Crippen LogP contribution in [0, 0.1) is 0 Å². The predicted octanol–water partition coefficient (Wildman–Crippen LogP) is -2.30. The third-order valence-electron chi connectivity index (χ3n) is 2.24. The molecule has 0 spiro atoms. The van der Waals surface area contributed by atoms with Gasteiger partial charge in [-0.3, -0.25) is 9.59 Å². The molecule has 0 aromatic heterocycles. The minimum absolute atomic E-state index is 0.306. The molecule has 9 nitrogen and oxygen atoms in total. The van der Waals surface area contributed by atoms with Gasteiger partial charge in [0, 0.05) is 23.9 Å². The lowest BCUT2D eigenvalue weighted by Crippen LogP contribution is -2.42. The first kappa shape index (κ1) is 20.3. The van der Waals surface area contributed by atoms with E-state index < -0.39 is 49.1 Å². The van der Waals surface area contributed by atoms with Crippen molar-refractivity contribution in [1.29, 1.82) is 0 Å². The molecule has 0 aliphatic heterocycles. The highest BCUT2D eigenvalue weighted by atomic mass is 32.2. The van der Waals surface area contributed by atoms with Crippen molar-refractivity contribution >= 4 is 31.5 Å². The lowest BCUT2D eigenvalue weighted by atomic mass is 10.3. The molecule has 0 aliphatic rings. The number of aliphatic hydroxyl groups excluding tert-OH is 1. The zero-order valence-corrected chi connectivity index (χ0v) is 13.3. The first-order valence-corrected chi connectivity index (χ1v) is 9.36. The fraction of sp³-hybridized carbons (Fsp3) is 0.455. The largest absolute Gasteiger partial charge is 0.389 e. The molecule has 126 valence electrons. The van der Waals surface area contributed by atoms with Gasteiger partial charge in [0.15, 0.2) is 19.7 Å². The molecule has 22 heavy (non-hydrogen) atoms. The van der Waals surface area contributed by atoms with Gasteiger partial charge in [-0.2, -0.15) is 0 Å². The summed E-state index contributed by atoms with van der Waals surface area (Å²) in [4.78, 5) is 22.5. The topological polar surface area (TPSA) is 147 Å². The van der Waals surface area contributed by atoms with Crippen LogP contribution in [0.2, 0.25) is 0 Å². The minimum Gasteiger partial charge on any atom is -0.389 e. The second kappa shape index (κ2) is 8.66. The van der Waals surface area contributed by atoms with E-state index in [0.717, 1.165) is 0 Å². The molecule has 0 radical (unpaired) electrons. The van der Waals surface area contributed by atoms with Gasteiger partial charge >= 0.3 is 0 Å². The maximum atomic E-state index is 11.3. The minimum atomic E-state index is -3.69. The number of sulfone groups is 2. The Hall–Kier alpha value is -1.72. The zero-order valence-electron chi connectivity index (χ0n) is 11.7. The monoisotopic (exact) mass is 354 g/mol. The number of carbonyl (C=O) groups excluding carboxylic acids is 2. The van der Waals surface area contributed by atoms with Crippen molar-refractivity contribution in [1.82, 2.24) is 10.6 Å². The van der Waals surface area contributed by atoms with E-state index in [1.165, 1.54) is 0 Å². The van der Waals surface area contributed by atoms with E-state index in [1.54, 1.807) is 0 Å². The van der Waals surface area contributed by atoms with Gasteiger partial charge in [-0.25, -0.2) is 16.8 Å². The van der Waals surface area contributed by atoms with Gasteiger partial charge < -0.3 is 15.7 Å². The quantitative estimate of drug-likeness (QED) is 0.399. The second-order valence-electron chi connectivity index (χ2n) is 4.21. The van der Waals surface area contributed by atoms with Crippen LogP contribution in [0.3, 0.4) is 0 Å². The summed E-state index contributed by atoms with van der Waals surface area (Å²) in [6.45, 7) is 5.48. The van der Waals surface area contributed by atoms with Gasteiger partial charge in [-0.05, 0) is 0 Å². The number of hydrogen-bond acceptors (Lipinski definition) is 7. The van der Waals surface area contributed by atoms with E-state index in [1.807, 2.05) is 0 Å². The highest BCUT2D eigenvalue weighted by Gasteiger charge is 2.16. The van der Waals surface area contributed by atoms with Crippen LogP contribution in [0.15, 0.2) is 24.0 Å². The molecular formula is C11H18N2O7S2. The molecule has 0 heterocycles. The molecule has 0 aliphatic carbocycles. The van der Waals surface area contributed by atoms with Crippen LogP contribution in [0.25, 0.3) is 0 Å². The summed E-state index contributed by atoms with van der Waals surface area (Å²) in [5.41, 5.74) is 0. The number of aliphatic hydroxyl groups is 1. The number of carbonyl (C=O) groups is 2. The Kier molecular flexibility index (Phi) is 7.98. The molecule has 0 saturated carbocycles. The normalized spacial score (nSPS) is 11.7. The smallest absolute Gasteiger partial charge is 0.235 e. The zero-order chi connectivity index (χ0) is 17.4. The molecule has 0 unspecified atom stereocenters. The average Bonchev–Trinajstić information content (AvgIpc) is 2.42. The second-order valence-corrected chi connectivity index (χ2v) is 8.11. The molecule has 0 aromatic rings. The Morgan fingerprint density at radius 3 is 1.50 bits per heavy atom. The Balaban J connectivity index is 4.13. The lowest BCUT2D eigenvalue weighted by Gasteiger charge is -2.12. The molecule has 0 aromatic carbocycles. The van der Waals surface area contributed by atoms with Crippen LogP contribution in [-0.2, 0) is 29.3 Å². The van der Waals surface area contributed by atoms with Crippen LogP contribution >= 0.6 is 0 Å². The number of hydrogen-bond donors (Lipinski definition) is 3. The van der Waals surface area contributed by atoms with Gasteiger partial charge in [-0.15, -0.1) is 0 Å². The van der Waals surface area contributed by atoms with Crippen LogP contribution in [0.1, 0.15) is 0 Å². The fourth-order valence-electron chi connectivity index (χ4n) is 1.12. The molecular weight excluding hydrogens is 336 g/mol. The third-order valence-corrected chi connectivity index (χ3v) is 4.59. The molecule has 0 fully saturated rings. The molecule has 11 heteroatoms. The highest BCUT2D eigenvalue weighted by Crippen LogP contribution is 1.91. The SMILES string of the molecule is C=CS(=O)(=O)CC(=O)NCC(O)CNC(=O)CS(=O)(=O)C=C. The van der Waals surface area contributed by atoms with Gasteiger partial charge in [-0.1, -0.05) is 13.2 Å². The van der Waals surface area contributed by atoms with Crippen molar-refractivity contribution in [3.8, 4) is 0 Å². The predicted molar refractivity (Wildman–Crippen MR) is 80.0 cm³/mol. The Morgan fingerprint density at radius 2 is 1.23 bits per heavy atom. The van der Waals surface area contributed by atoms with Crippen LogP contribution in [0.5, 0.6) is 0 Å². The summed E-state index contributed by atoms with van der Waals surface area (Å²) in [6.07, 6.45) is -1.20. The maximum absolute atomic E-state index is 11.3. The summed E-state index contributed by atoms with van der Waals surface area (Å²) in [7, 11) is -7.38. The first-order valence-electron chi connectivity index (χ1n) is 5.93. The van der Waals surface area contributed by atoms with E-state index in [0.29, 0.717) is 10.8 Å². The van der Waals surface area contributed by atoms with Crippen LogP contribution in [-0.4, -0.2) is 64.5 Å². The first-order chi connectivity index (χ1) is 10.0. The van der Waals surface area contributed by atoms with Crippen molar-refractivity contribution in [2.45, 2.75) is 6.10 Å². The average molecular weight is 354 g/mol. The fourth-order valence-corrected chi connectivity index (χ4v) is 2.29. The Labute approximate surface area is 128 Å². The van der Waals surface area contributed by atoms with Crippen molar-refractivity contribution in [2.75, 3.05) is 24.6 Å². The van der Waals surface area contributed by atoms with Crippen molar-refractivity contribution in [3.63, 3.8) is 0 Å². The lowest BCUT2D eigenvalue weighted by molar-refractivity contribution is -0.119. The number of rotatable bonds is 10. The summed E-state index contributed by atoms with van der Waals surface area (Å²) in [5.74, 6) is -3.26. The molecule has 0 rings (SSSR count). The van der Waals surface area contributed by atoms with Crippen molar-refractivity contribution in [2.24, 2.45) is 0 Å². The maximum Gasteiger partial charge on any atom is 0.235 e. The van der Waals surface area contributed by atoms with Gasteiger partial charge in [0.05, 0.1) is 6.10 Å². The third kappa shape index (κ3) is 9.26.